The quantitative estimate of drug-likeness (QED) is 0.724. The van der Waals surface area contributed by atoms with E-state index in [-0.39, 0.29) is 17.6 Å². The van der Waals surface area contributed by atoms with Crippen molar-refractivity contribution < 1.29 is 9.90 Å². The highest BCUT2D eigenvalue weighted by Gasteiger charge is 2.09. The van der Waals surface area contributed by atoms with Crippen LogP contribution in [0.2, 0.25) is 0 Å². The molecule has 3 nitrogen and oxygen atoms in total. The van der Waals surface area contributed by atoms with Crippen LogP contribution in [0, 0.1) is 5.92 Å². The summed E-state index contributed by atoms with van der Waals surface area (Å²) < 4.78 is 0. The summed E-state index contributed by atoms with van der Waals surface area (Å²) in [4.78, 5) is 11.5. The highest BCUT2D eigenvalue weighted by molar-refractivity contribution is 5.92. The zero-order valence-electron chi connectivity index (χ0n) is 8.45. The molecule has 2 N–H and O–H groups in total. The number of amides is 1. The Bertz CT molecular complexity index is 306. The fourth-order valence-corrected chi connectivity index (χ4v) is 0.996. The van der Waals surface area contributed by atoms with E-state index in [0.29, 0.717) is 5.69 Å². The van der Waals surface area contributed by atoms with Crippen LogP contribution in [0.5, 0.6) is 5.75 Å². The molecule has 0 aliphatic heterocycles. The molecule has 0 radical (unpaired) electrons. The summed E-state index contributed by atoms with van der Waals surface area (Å²) in [6, 6.07) is 6.45. The van der Waals surface area contributed by atoms with E-state index < -0.39 is 0 Å². The number of carbonyl (C=O) groups excluding carboxylic acids is 1. The Kier molecular flexibility index (Phi) is 3.51. The lowest BCUT2D eigenvalue weighted by Gasteiger charge is -2.09. The van der Waals surface area contributed by atoms with Crippen LogP contribution in [-0.4, -0.2) is 11.0 Å². The van der Waals surface area contributed by atoms with Gasteiger partial charge in [-0.05, 0) is 30.7 Å². The van der Waals surface area contributed by atoms with Crippen LogP contribution in [0.15, 0.2) is 24.3 Å². The van der Waals surface area contributed by atoms with Crippen LogP contribution in [0.25, 0.3) is 0 Å². The minimum atomic E-state index is 0.0122. The molecule has 0 aromatic heterocycles. The zero-order valence-corrected chi connectivity index (χ0v) is 8.45. The molecule has 1 aromatic carbocycles. The van der Waals surface area contributed by atoms with E-state index >= 15 is 0 Å². The molecule has 0 heterocycles. The molecule has 1 rings (SSSR count). The fourth-order valence-electron chi connectivity index (χ4n) is 0.996. The molecule has 1 amide bonds. The van der Waals surface area contributed by atoms with Crippen LogP contribution < -0.4 is 5.32 Å². The molecule has 3 heteroatoms. The molecule has 0 fully saturated rings. The summed E-state index contributed by atoms with van der Waals surface area (Å²) in [5.41, 5.74) is 0.716. The topological polar surface area (TPSA) is 49.3 Å². The largest absolute Gasteiger partial charge is 0.508 e. The second-order valence-electron chi connectivity index (χ2n) is 3.35. The first kappa shape index (κ1) is 10.6. The molecule has 0 aliphatic rings. The minimum absolute atomic E-state index is 0.0122. The maximum atomic E-state index is 11.5. The van der Waals surface area contributed by atoms with Crippen LogP contribution in [0.1, 0.15) is 20.3 Å². The minimum Gasteiger partial charge on any atom is -0.508 e. The lowest BCUT2D eigenvalue weighted by atomic mass is 10.1. The highest BCUT2D eigenvalue weighted by Crippen LogP contribution is 2.15. The molecule has 0 saturated heterocycles. The van der Waals surface area contributed by atoms with Crippen molar-refractivity contribution in [2.45, 2.75) is 20.3 Å². The van der Waals surface area contributed by atoms with E-state index in [2.05, 4.69) is 5.32 Å². The normalized spacial score (nSPS) is 12.1. The Hall–Kier alpha value is -1.51. The summed E-state index contributed by atoms with van der Waals surface area (Å²) in [5, 5.41) is 11.8. The number of carbonyl (C=O) groups is 1. The maximum Gasteiger partial charge on any atom is 0.227 e. The van der Waals surface area contributed by atoms with Gasteiger partial charge in [0.2, 0.25) is 5.91 Å². The average molecular weight is 193 g/mol. The van der Waals surface area contributed by atoms with Crippen molar-refractivity contribution in [3.05, 3.63) is 24.3 Å². The van der Waals surface area contributed by atoms with Gasteiger partial charge in [-0.1, -0.05) is 13.8 Å². The molecule has 76 valence electrons. The van der Waals surface area contributed by atoms with E-state index in [1.54, 1.807) is 24.3 Å². The van der Waals surface area contributed by atoms with Crippen molar-refractivity contribution in [1.82, 2.24) is 0 Å². The highest BCUT2D eigenvalue weighted by atomic mass is 16.3. The molecule has 0 unspecified atom stereocenters. The molecular weight excluding hydrogens is 178 g/mol. The lowest BCUT2D eigenvalue weighted by molar-refractivity contribution is -0.119. The Balaban J connectivity index is 2.60. The smallest absolute Gasteiger partial charge is 0.227 e. The number of phenolic OH excluding ortho intramolecular Hbond substituents is 1. The van der Waals surface area contributed by atoms with E-state index in [1.165, 1.54) is 0 Å². The van der Waals surface area contributed by atoms with Crippen molar-refractivity contribution in [3.63, 3.8) is 0 Å². The molecule has 1 aromatic rings. The number of nitrogens with one attached hydrogen (secondary N) is 1. The number of benzene rings is 1. The van der Waals surface area contributed by atoms with E-state index in [9.17, 15) is 4.79 Å². The predicted molar refractivity (Wildman–Crippen MR) is 56.2 cm³/mol. The van der Waals surface area contributed by atoms with Gasteiger partial charge in [-0.2, -0.15) is 0 Å². The van der Waals surface area contributed by atoms with Gasteiger partial charge in [0.15, 0.2) is 0 Å². The van der Waals surface area contributed by atoms with Crippen molar-refractivity contribution in [3.8, 4) is 5.75 Å². The molecule has 0 aliphatic carbocycles. The fraction of sp³-hybridized carbons (Fsp3) is 0.364. The third-order valence-corrected chi connectivity index (χ3v) is 2.19. The molecule has 1 atom stereocenters. The Morgan fingerprint density at radius 3 is 2.50 bits per heavy atom. The number of hydrogen-bond donors (Lipinski definition) is 2. The molecule has 0 bridgehead atoms. The molecule has 0 spiro atoms. The second-order valence-corrected chi connectivity index (χ2v) is 3.35. The Labute approximate surface area is 83.8 Å². The standard InChI is InChI=1S/C11H15NO2/c1-3-8(2)11(14)12-9-4-6-10(13)7-5-9/h4-8,13H,3H2,1-2H3,(H,12,14)/t8-/m1/s1. The summed E-state index contributed by atoms with van der Waals surface area (Å²) in [6.45, 7) is 3.86. The van der Waals surface area contributed by atoms with Gasteiger partial charge in [-0.15, -0.1) is 0 Å². The summed E-state index contributed by atoms with van der Waals surface area (Å²) in [6.07, 6.45) is 0.823. The number of hydrogen-bond acceptors (Lipinski definition) is 2. The maximum absolute atomic E-state index is 11.5. The van der Waals surface area contributed by atoms with Gasteiger partial charge >= 0.3 is 0 Å². The number of anilines is 1. The summed E-state index contributed by atoms with van der Waals surface area (Å²) in [5.74, 6) is 0.230. The Morgan fingerprint density at radius 1 is 1.43 bits per heavy atom. The van der Waals surface area contributed by atoms with Gasteiger partial charge in [0.1, 0.15) is 5.75 Å². The van der Waals surface area contributed by atoms with Crippen LogP contribution in [0.4, 0.5) is 5.69 Å². The molecule has 14 heavy (non-hydrogen) atoms. The van der Waals surface area contributed by atoms with Gasteiger partial charge < -0.3 is 10.4 Å². The average Bonchev–Trinajstić information content (AvgIpc) is 2.20. The van der Waals surface area contributed by atoms with Crippen LogP contribution in [-0.2, 0) is 4.79 Å². The third-order valence-electron chi connectivity index (χ3n) is 2.19. The van der Waals surface area contributed by atoms with Gasteiger partial charge in [-0.25, -0.2) is 0 Å². The molecule has 0 saturated carbocycles. The van der Waals surface area contributed by atoms with Crippen molar-refractivity contribution in [1.29, 1.82) is 0 Å². The van der Waals surface area contributed by atoms with E-state index in [1.807, 2.05) is 13.8 Å². The van der Waals surface area contributed by atoms with Crippen molar-refractivity contribution in [2.24, 2.45) is 5.92 Å². The summed E-state index contributed by atoms with van der Waals surface area (Å²) >= 11 is 0. The van der Waals surface area contributed by atoms with E-state index in [4.69, 9.17) is 5.11 Å². The first-order valence-electron chi connectivity index (χ1n) is 4.73. The SMILES string of the molecule is CC[C@@H](C)C(=O)Nc1ccc(O)cc1. The van der Waals surface area contributed by atoms with Crippen LogP contribution in [0.3, 0.4) is 0 Å². The first-order chi connectivity index (χ1) is 6.63. The summed E-state index contributed by atoms with van der Waals surface area (Å²) in [7, 11) is 0. The van der Waals surface area contributed by atoms with Crippen molar-refractivity contribution >= 4 is 11.6 Å². The van der Waals surface area contributed by atoms with Gasteiger partial charge in [0.05, 0.1) is 0 Å². The predicted octanol–water partition coefficient (Wildman–Crippen LogP) is 2.38. The number of aromatic hydroxyl groups is 1. The number of phenols is 1. The lowest BCUT2D eigenvalue weighted by Crippen LogP contribution is -2.19. The number of rotatable bonds is 3. The third kappa shape index (κ3) is 2.76. The monoisotopic (exact) mass is 193 g/mol. The van der Waals surface area contributed by atoms with Gasteiger partial charge in [-0.3, -0.25) is 4.79 Å². The van der Waals surface area contributed by atoms with Crippen LogP contribution >= 0.6 is 0 Å². The Morgan fingerprint density at radius 2 is 2.00 bits per heavy atom. The zero-order chi connectivity index (χ0) is 10.6. The van der Waals surface area contributed by atoms with E-state index in [0.717, 1.165) is 6.42 Å². The van der Waals surface area contributed by atoms with Crippen molar-refractivity contribution in [2.75, 3.05) is 5.32 Å². The second kappa shape index (κ2) is 4.65. The first-order valence-corrected chi connectivity index (χ1v) is 4.73. The van der Waals surface area contributed by atoms with Gasteiger partial charge in [0.25, 0.3) is 0 Å². The molecular formula is C11H15NO2. The van der Waals surface area contributed by atoms with Gasteiger partial charge in [0, 0.05) is 11.6 Å².